The lowest BCUT2D eigenvalue weighted by Gasteiger charge is -2.23. The Bertz CT molecular complexity index is 543. The molecule has 0 spiro atoms. The highest BCUT2D eigenvalue weighted by atomic mass is 16.6. The first kappa shape index (κ1) is 18.5. The highest BCUT2D eigenvalue weighted by molar-refractivity contribution is 5.94. The van der Waals surface area contributed by atoms with Crippen LogP contribution < -0.4 is 0 Å². The van der Waals surface area contributed by atoms with Gasteiger partial charge in [0.1, 0.15) is 6.61 Å². The fourth-order valence-corrected chi connectivity index (χ4v) is 3.10. The molecule has 1 aromatic rings. The Morgan fingerprint density at radius 3 is 2.62 bits per heavy atom. The molecule has 0 saturated carbocycles. The lowest BCUT2D eigenvalue weighted by molar-refractivity contribution is -0.133. The molecule has 1 aliphatic rings. The van der Waals surface area contributed by atoms with E-state index in [9.17, 15) is 9.59 Å². The molecule has 1 saturated heterocycles. The van der Waals surface area contributed by atoms with Crippen LogP contribution in [0.4, 0.5) is 4.79 Å². The van der Waals surface area contributed by atoms with Crippen LogP contribution in [-0.4, -0.2) is 29.5 Å². The van der Waals surface area contributed by atoms with Crippen molar-refractivity contribution >= 4 is 12.0 Å². The predicted molar refractivity (Wildman–Crippen MR) is 94.6 cm³/mol. The normalized spacial score (nSPS) is 19.9. The Hall–Kier alpha value is -1.84. The first-order valence-electron chi connectivity index (χ1n) is 9.06. The molecule has 0 aliphatic carbocycles. The third-order valence-corrected chi connectivity index (χ3v) is 4.97. The fraction of sp³-hybridized carbons (Fsp3) is 0.600. The minimum Gasteiger partial charge on any atom is -0.447 e. The predicted octanol–water partition coefficient (Wildman–Crippen LogP) is 4.43. The number of carbonyl (C=O) groups excluding carboxylic acids is 2. The smallest absolute Gasteiger partial charge is 0.416 e. The highest BCUT2D eigenvalue weighted by Gasteiger charge is 2.39. The first-order valence-corrected chi connectivity index (χ1v) is 9.06. The summed E-state index contributed by atoms with van der Waals surface area (Å²) in [4.78, 5) is 26.1. The lowest BCUT2D eigenvalue weighted by Crippen LogP contribution is -2.43. The van der Waals surface area contributed by atoms with Gasteiger partial charge < -0.3 is 4.74 Å². The Balaban J connectivity index is 1.93. The van der Waals surface area contributed by atoms with Crippen LogP contribution in [0.1, 0.15) is 52.0 Å². The Labute approximate surface area is 145 Å². The van der Waals surface area contributed by atoms with Gasteiger partial charge in [-0.15, -0.1) is 0 Å². The van der Waals surface area contributed by atoms with E-state index in [0.717, 1.165) is 24.8 Å². The monoisotopic (exact) mass is 331 g/mol. The van der Waals surface area contributed by atoms with E-state index >= 15 is 0 Å². The molecule has 24 heavy (non-hydrogen) atoms. The van der Waals surface area contributed by atoms with E-state index < -0.39 is 6.09 Å². The largest absolute Gasteiger partial charge is 0.447 e. The third-order valence-electron chi connectivity index (χ3n) is 4.97. The van der Waals surface area contributed by atoms with E-state index in [-0.39, 0.29) is 17.9 Å². The van der Waals surface area contributed by atoms with Gasteiger partial charge in [0, 0.05) is 5.92 Å². The number of hydrogen-bond acceptors (Lipinski definition) is 3. The summed E-state index contributed by atoms with van der Waals surface area (Å²) in [5.74, 6) is 0.454. The van der Waals surface area contributed by atoms with Crippen LogP contribution >= 0.6 is 0 Å². The van der Waals surface area contributed by atoms with Gasteiger partial charge in [0.2, 0.25) is 5.91 Å². The quantitative estimate of drug-likeness (QED) is 0.708. The number of benzene rings is 1. The number of imide groups is 1. The van der Waals surface area contributed by atoms with Crippen LogP contribution in [-0.2, 0) is 16.0 Å². The van der Waals surface area contributed by atoms with Crippen LogP contribution in [0.25, 0.3) is 0 Å². The molecule has 0 radical (unpaired) electrons. The summed E-state index contributed by atoms with van der Waals surface area (Å²) in [5.41, 5.74) is 1.11. The number of carbonyl (C=O) groups is 2. The molecule has 3 atom stereocenters. The van der Waals surface area contributed by atoms with Crippen molar-refractivity contribution < 1.29 is 14.3 Å². The molecule has 0 N–H and O–H groups in total. The van der Waals surface area contributed by atoms with E-state index in [1.165, 1.54) is 11.3 Å². The minimum absolute atomic E-state index is 0.0948. The molecule has 0 aromatic heterocycles. The maximum atomic E-state index is 12.7. The Kier molecular flexibility index (Phi) is 6.83. The number of hydrogen-bond donors (Lipinski definition) is 0. The van der Waals surface area contributed by atoms with E-state index in [1.807, 2.05) is 37.3 Å². The Morgan fingerprint density at radius 1 is 1.25 bits per heavy atom. The maximum absolute atomic E-state index is 12.7. The molecule has 4 heteroatoms. The summed E-state index contributed by atoms with van der Waals surface area (Å²) in [6.45, 7) is 6.64. The van der Waals surface area contributed by atoms with Crippen molar-refractivity contribution in [2.45, 2.75) is 58.9 Å². The summed E-state index contributed by atoms with van der Waals surface area (Å²) < 4.78 is 5.15. The summed E-state index contributed by atoms with van der Waals surface area (Å²) in [5, 5.41) is 0. The average Bonchev–Trinajstić information content (AvgIpc) is 2.95. The minimum atomic E-state index is -0.491. The molecule has 1 heterocycles. The van der Waals surface area contributed by atoms with Crippen molar-refractivity contribution in [1.29, 1.82) is 0 Å². The summed E-state index contributed by atoms with van der Waals surface area (Å²) in [6.07, 6.45) is 4.30. The molecule has 2 amide bonds. The van der Waals surface area contributed by atoms with Crippen molar-refractivity contribution in [2.75, 3.05) is 6.61 Å². The van der Waals surface area contributed by atoms with Gasteiger partial charge in [-0.1, -0.05) is 70.4 Å². The van der Waals surface area contributed by atoms with E-state index in [2.05, 4.69) is 13.8 Å². The van der Waals surface area contributed by atoms with Crippen molar-refractivity contribution in [3.8, 4) is 0 Å². The topological polar surface area (TPSA) is 46.6 Å². The van der Waals surface area contributed by atoms with Gasteiger partial charge in [0.05, 0.1) is 6.04 Å². The molecular weight excluding hydrogens is 302 g/mol. The van der Waals surface area contributed by atoms with Gasteiger partial charge in [-0.2, -0.15) is 0 Å². The van der Waals surface area contributed by atoms with Gasteiger partial charge in [-0.25, -0.2) is 9.69 Å². The number of nitrogens with zero attached hydrogens (tertiary/aromatic N) is 1. The number of rotatable bonds is 8. The Morgan fingerprint density at radius 2 is 1.96 bits per heavy atom. The second kappa shape index (κ2) is 8.86. The van der Waals surface area contributed by atoms with Crippen LogP contribution in [0.5, 0.6) is 0 Å². The van der Waals surface area contributed by atoms with Crippen LogP contribution in [0, 0.1) is 11.8 Å². The second-order valence-electron chi connectivity index (χ2n) is 6.97. The highest BCUT2D eigenvalue weighted by Crippen LogP contribution is 2.23. The average molecular weight is 331 g/mol. The molecule has 4 nitrogen and oxygen atoms in total. The van der Waals surface area contributed by atoms with Gasteiger partial charge in [0.15, 0.2) is 0 Å². The standard InChI is InChI=1S/C20H29NO3/c1-4-15(2)9-8-10-16(3)19(22)21-18(14-24-20(21)23)13-17-11-6-5-7-12-17/h5-7,11-12,15-16,18H,4,8-10,13-14H2,1-3H3/t15?,16-,18-/m1/s1. The van der Waals surface area contributed by atoms with Crippen molar-refractivity contribution in [2.24, 2.45) is 11.8 Å². The molecule has 2 rings (SSSR count). The van der Waals surface area contributed by atoms with Gasteiger partial charge in [-0.05, 0) is 24.3 Å². The SMILES string of the molecule is CCC(C)CCC[C@@H](C)C(=O)N1C(=O)OC[C@H]1Cc1ccccc1. The van der Waals surface area contributed by atoms with Gasteiger partial charge >= 0.3 is 6.09 Å². The molecule has 0 bridgehead atoms. The maximum Gasteiger partial charge on any atom is 0.416 e. The van der Waals surface area contributed by atoms with Gasteiger partial charge in [0.25, 0.3) is 0 Å². The van der Waals surface area contributed by atoms with E-state index in [4.69, 9.17) is 4.74 Å². The lowest BCUT2D eigenvalue weighted by atomic mass is 9.96. The van der Waals surface area contributed by atoms with Crippen molar-refractivity contribution in [3.05, 3.63) is 35.9 Å². The van der Waals surface area contributed by atoms with E-state index in [0.29, 0.717) is 18.9 Å². The molecule has 1 aromatic carbocycles. The third kappa shape index (κ3) is 4.83. The van der Waals surface area contributed by atoms with E-state index in [1.54, 1.807) is 0 Å². The fourth-order valence-electron chi connectivity index (χ4n) is 3.10. The number of amides is 2. The number of ether oxygens (including phenoxy) is 1. The van der Waals surface area contributed by atoms with Crippen molar-refractivity contribution in [1.82, 2.24) is 4.90 Å². The zero-order valence-corrected chi connectivity index (χ0v) is 15.0. The summed E-state index contributed by atoms with van der Waals surface area (Å²) >= 11 is 0. The van der Waals surface area contributed by atoms with Gasteiger partial charge in [-0.3, -0.25) is 4.79 Å². The molecule has 1 aliphatic heterocycles. The second-order valence-corrected chi connectivity index (χ2v) is 6.97. The van der Waals surface area contributed by atoms with Crippen LogP contribution in [0.3, 0.4) is 0 Å². The molecule has 132 valence electrons. The zero-order valence-electron chi connectivity index (χ0n) is 15.0. The van der Waals surface area contributed by atoms with Crippen molar-refractivity contribution in [3.63, 3.8) is 0 Å². The zero-order chi connectivity index (χ0) is 17.5. The number of cyclic esters (lactones) is 1. The summed E-state index contributed by atoms with van der Waals surface area (Å²) in [7, 11) is 0. The first-order chi connectivity index (χ1) is 11.5. The van der Waals surface area contributed by atoms with Crippen LogP contribution in [0.15, 0.2) is 30.3 Å². The van der Waals surface area contributed by atoms with Crippen LogP contribution in [0.2, 0.25) is 0 Å². The molecule has 1 unspecified atom stereocenters. The molecular formula is C20H29NO3. The molecule has 1 fully saturated rings. The summed E-state index contributed by atoms with van der Waals surface area (Å²) in [6, 6.07) is 9.74.